The molecule has 2 aromatic carbocycles. The monoisotopic (exact) mass is 618 g/mol. The molecule has 1 fully saturated rings. The van der Waals surface area contributed by atoms with E-state index in [-0.39, 0.29) is 31.6 Å². The minimum Gasteiger partial charge on any atom is -0.404 e. The largest absolute Gasteiger partial charge is 0.417 e. The molecular formula is C29H23ClF4N4O3S. The highest BCUT2D eigenvalue weighted by Crippen LogP contribution is 2.48. The number of aliphatic imine (C=N–C) groups is 1. The zero-order valence-electron chi connectivity index (χ0n) is 21.8. The Bertz CT molecular complexity index is 1740. The molecule has 1 aromatic heterocycles. The van der Waals surface area contributed by atoms with Crippen LogP contribution in [0.15, 0.2) is 100 Å². The average Bonchev–Trinajstić information content (AvgIpc) is 2.97. The maximum Gasteiger partial charge on any atom is 0.417 e. The first-order chi connectivity index (χ1) is 19.8. The summed E-state index contributed by atoms with van der Waals surface area (Å²) in [7, 11) is -4.50. The lowest BCUT2D eigenvalue weighted by atomic mass is 9.64. The van der Waals surface area contributed by atoms with E-state index in [4.69, 9.17) is 17.3 Å². The molecule has 2 heterocycles. The molecule has 13 heteroatoms. The quantitative estimate of drug-likeness (QED) is 0.275. The summed E-state index contributed by atoms with van der Waals surface area (Å²) >= 11 is 5.72. The zero-order chi connectivity index (χ0) is 30.3. The summed E-state index contributed by atoms with van der Waals surface area (Å²) < 4.78 is 82.5. The van der Waals surface area contributed by atoms with Gasteiger partial charge in [-0.2, -0.15) is 17.5 Å². The Labute approximate surface area is 244 Å². The standard InChI is InChI=1S/C29H23ClF4N4O3S/c30-24-9-8-22(14-23(24)29(32,33)34)42(40,41)38-12-10-19-13-26(37-21-6-4-20(31)5-7-21)18(16-35)15-28(19,17-38)27(39)25-3-1-2-11-36-25/h1-9,11,13-14,16H,10,12,15,17,35H2/b18-16-,37-26?/t28-/m0/s1. The van der Waals surface area contributed by atoms with Gasteiger partial charge in [0.2, 0.25) is 10.0 Å². The number of fused-ring (bicyclic) bond motifs is 1. The van der Waals surface area contributed by atoms with Gasteiger partial charge in [-0.05, 0) is 85.3 Å². The van der Waals surface area contributed by atoms with Gasteiger partial charge in [-0.1, -0.05) is 23.2 Å². The van der Waals surface area contributed by atoms with Gasteiger partial charge in [-0.15, -0.1) is 0 Å². The second-order valence-corrected chi connectivity index (χ2v) is 12.2. The van der Waals surface area contributed by atoms with E-state index in [0.717, 1.165) is 16.4 Å². The van der Waals surface area contributed by atoms with Gasteiger partial charge in [0.05, 0.1) is 32.3 Å². The molecule has 0 amide bonds. The Kier molecular flexibility index (Phi) is 7.82. The molecule has 42 heavy (non-hydrogen) atoms. The van der Waals surface area contributed by atoms with E-state index >= 15 is 0 Å². The number of sulfonamides is 1. The highest BCUT2D eigenvalue weighted by molar-refractivity contribution is 7.89. The molecule has 3 aromatic rings. The van der Waals surface area contributed by atoms with Crippen LogP contribution >= 0.6 is 11.6 Å². The summed E-state index contributed by atoms with van der Waals surface area (Å²) in [6, 6.07) is 12.6. The highest BCUT2D eigenvalue weighted by atomic mass is 35.5. The van der Waals surface area contributed by atoms with Crippen LogP contribution in [0, 0.1) is 11.2 Å². The predicted octanol–water partition coefficient (Wildman–Crippen LogP) is 6.10. The number of halogens is 5. The molecule has 2 N–H and O–H groups in total. The van der Waals surface area contributed by atoms with Crippen molar-refractivity contribution in [3.63, 3.8) is 0 Å². The number of Topliss-reactive ketones (excluding diaryl/α,β-unsaturated/α-hetero) is 1. The van der Waals surface area contributed by atoms with Crippen LogP contribution in [0.5, 0.6) is 0 Å². The van der Waals surface area contributed by atoms with E-state index in [1.807, 2.05) is 0 Å². The van der Waals surface area contributed by atoms with E-state index in [0.29, 0.717) is 28.6 Å². The van der Waals surface area contributed by atoms with Gasteiger partial charge in [0.15, 0.2) is 5.78 Å². The number of carbonyl (C=O) groups is 1. The predicted molar refractivity (Wildman–Crippen MR) is 149 cm³/mol. The third-order valence-electron chi connectivity index (χ3n) is 7.31. The Morgan fingerprint density at radius 3 is 2.50 bits per heavy atom. The fourth-order valence-electron chi connectivity index (χ4n) is 5.20. The Balaban J connectivity index is 1.61. The molecule has 0 bridgehead atoms. The van der Waals surface area contributed by atoms with Gasteiger partial charge >= 0.3 is 6.18 Å². The van der Waals surface area contributed by atoms with E-state index in [2.05, 4.69) is 9.98 Å². The number of hydrogen-bond acceptors (Lipinski definition) is 6. The molecule has 1 aliphatic carbocycles. The molecule has 7 nitrogen and oxygen atoms in total. The number of rotatable bonds is 5. The van der Waals surface area contributed by atoms with Crippen LogP contribution in [0.4, 0.5) is 23.2 Å². The summed E-state index contributed by atoms with van der Waals surface area (Å²) in [6.07, 6.45) is -0.476. The van der Waals surface area contributed by atoms with Crippen LogP contribution in [-0.2, 0) is 16.2 Å². The summed E-state index contributed by atoms with van der Waals surface area (Å²) in [5.41, 5.74) is 5.17. The number of nitrogens with zero attached hydrogens (tertiary/aromatic N) is 3. The lowest BCUT2D eigenvalue weighted by molar-refractivity contribution is -0.137. The average molecular weight is 619 g/mol. The summed E-state index contributed by atoms with van der Waals surface area (Å²) in [6.45, 7) is -0.484. The van der Waals surface area contributed by atoms with Gasteiger partial charge in [-0.3, -0.25) is 9.78 Å². The Morgan fingerprint density at radius 1 is 1.12 bits per heavy atom. The molecule has 5 rings (SSSR count). The molecule has 2 aliphatic rings. The van der Waals surface area contributed by atoms with Crippen LogP contribution in [-0.4, -0.2) is 42.3 Å². The van der Waals surface area contributed by atoms with Gasteiger partial charge in [0, 0.05) is 19.3 Å². The first kappa shape index (κ1) is 29.6. The lowest BCUT2D eigenvalue weighted by Crippen LogP contribution is -2.53. The second-order valence-electron chi connectivity index (χ2n) is 9.87. The van der Waals surface area contributed by atoms with Crippen molar-refractivity contribution in [2.45, 2.75) is 23.9 Å². The van der Waals surface area contributed by atoms with Gasteiger partial charge in [0.25, 0.3) is 0 Å². The molecule has 0 saturated carbocycles. The van der Waals surface area contributed by atoms with Crippen molar-refractivity contribution >= 4 is 38.8 Å². The van der Waals surface area contributed by atoms with E-state index in [9.17, 15) is 30.8 Å². The number of aromatic nitrogens is 1. The van der Waals surface area contributed by atoms with Crippen LogP contribution in [0.2, 0.25) is 5.02 Å². The Hall–Kier alpha value is -3.87. The van der Waals surface area contributed by atoms with Gasteiger partial charge in [0.1, 0.15) is 11.5 Å². The zero-order valence-corrected chi connectivity index (χ0v) is 23.3. The molecule has 0 spiro atoms. The van der Waals surface area contributed by atoms with Crippen molar-refractivity contribution < 1.29 is 30.8 Å². The van der Waals surface area contributed by atoms with Crippen molar-refractivity contribution in [3.05, 3.63) is 112 Å². The van der Waals surface area contributed by atoms with E-state index < -0.39 is 48.7 Å². The van der Waals surface area contributed by atoms with Gasteiger partial charge < -0.3 is 5.73 Å². The number of benzene rings is 2. The number of allylic oxidation sites excluding steroid dienone is 2. The molecule has 1 saturated heterocycles. The second kappa shape index (κ2) is 11.1. The summed E-state index contributed by atoms with van der Waals surface area (Å²) in [5.74, 6) is -0.909. The number of pyridine rings is 1. The maximum absolute atomic E-state index is 14.1. The number of ketones is 1. The first-order valence-electron chi connectivity index (χ1n) is 12.6. The van der Waals surface area contributed by atoms with Crippen LogP contribution < -0.4 is 5.73 Å². The van der Waals surface area contributed by atoms with Crippen molar-refractivity contribution in [2.24, 2.45) is 16.1 Å². The number of hydrogen-bond donors (Lipinski definition) is 1. The molecule has 0 unspecified atom stereocenters. The first-order valence-corrected chi connectivity index (χ1v) is 14.5. The SMILES string of the molecule is N/C=C1/C[C@]2(C(=O)c3ccccn3)CN(S(=O)(=O)c3ccc(Cl)c(C(F)(F)F)c3)CCC2=CC1=Nc1ccc(F)cc1. The lowest BCUT2D eigenvalue weighted by Gasteiger charge is -2.45. The third kappa shape index (κ3) is 5.49. The number of nitrogens with two attached hydrogens (primary N) is 1. The topological polar surface area (TPSA) is 106 Å². The molecular weight excluding hydrogens is 596 g/mol. The van der Waals surface area contributed by atoms with Crippen molar-refractivity contribution in [1.29, 1.82) is 0 Å². The maximum atomic E-state index is 14.1. The number of alkyl halides is 3. The minimum atomic E-state index is -4.87. The van der Waals surface area contributed by atoms with Crippen molar-refractivity contribution in [2.75, 3.05) is 13.1 Å². The third-order valence-corrected chi connectivity index (χ3v) is 9.48. The van der Waals surface area contributed by atoms with Crippen LogP contribution in [0.25, 0.3) is 0 Å². The molecule has 218 valence electrons. The number of carbonyl (C=O) groups excluding carboxylic acids is 1. The van der Waals surface area contributed by atoms with Crippen LogP contribution in [0.1, 0.15) is 28.9 Å². The van der Waals surface area contributed by atoms with Crippen LogP contribution in [0.3, 0.4) is 0 Å². The van der Waals surface area contributed by atoms with E-state index in [1.54, 1.807) is 18.2 Å². The van der Waals surface area contributed by atoms with Crippen molar-refractivity contribution in [1.82, 2.24) is 9.29 Å². The molecule has 1 aliphatic heterocycles. The Morgan fingerprint density at radius 2 is 1.86 bits per heavy atom. The summed E-state index contributed by atoms with van der Waals surface area (Å²) in [4.78, 5) is 22.3. The van der Waals surface area contributed by atoms with E-state index in [1.165, 1.54) is 42.7 Å². The molecule has 1 atom stereocenters. The van der Waals surface area contributed by atoms with Crippen molar-refractivity contribution in [3.8, 4) is 0 Å². The number of piperidine rings is 1. The fourth-order valence-corrected chi connectivity index (χ4v) is 6.95. The fraction of sp³-hybridized carbons (Fsp3) is 0.207. The smallest absolute Gasteiger partial charge is 0.404 e. The minimum absolute atomic E-state index is 0.0504. The summed E-state index contributed by atoms with van der Waals surface area (Å²) in [5, 5.41) is -0.634. The van der Waals surface area contributed by atoms with Gasteiger partial charge in [-0.25, -0.2) is 17.8 Å². The normalized spacial score (nSPS) is 21.7. The molecule has 0 radical (unpaired) electrons. The highest BCUT2D eigenvalue weighted by Gasteiger charge is 2.51.